The number of hydrogen-bond donors (Lipinski definition) is 0. The Morgan fingerprint density at radius 2 is 0.611 bits per heavy atom. The summed E-state index contributed by atoms with van der Waals surface area (Å²) in [6.45, 7) is 8.97. The molecular formula is C48H92O6. The molecule has 320 valence electrons. The molecule has 0 aromatic rings. The Kier molecular flexibility index (Phi) is 41.3. The lowest BCUT2D eigenvalue weighted by atomic mass is 10.0. The molecule has 0 spiro atoms. The van der Waals surface area contributed by atoms with Crippen molar-refractivity contribution in [3.63, 3.8) is 0 Å². The van der Waals surface area contributed by atoms with E-state index in [4.69, 9.17) is 14.2 Å². The van der Waals surface area contributed by atoms with E-state index in [2.05, 4.69) is 27.7 Å². The molecule has 0 rings (SSSR count). The number of ether oxygens (including phenoxy) is 3. The molecule has 0 radical (unpaired) electrons. The smallest absolute Gasteiger partial charge is 0.306 e. The second kappa shape index (κ2) is 42.6. The van der Waals surface area contributed by atoms with Crippen molar-refractivity contribution < 1.29 is 28.6 Å². The summed E-state index contributed by atoms with van der Waals surface area (Å²) in [7, 11) is 0. The third kappa shape index (κ3) is 41.6. The van der Waals surface area contributed by atoms with E-state index in [1.807, 2.05) is 0 Å². The molecule has 0 aliphatic heterocycles. The van der Waals surface area contributed by atoms with Crippen molar-refractivity contribution in [2.45, 2.75) is 271 Å². The maximum atomic E-state index is 12.7. The number of hydrogen-bond acceptors (Lipinski definition) is 6. The number of carbonyl (C=O) groups excluding carboxylic acids is 3. The first-order chi connectivity index (χ1) is 26.4. The van der Waals surface area contributed by atoms with Crippen LogP contribution in [0.15, 0.2) is 0 Å². The normalized spacial score (nSPS) is 11.9. The van der Waals surface area contributed by atoms with Gasteiger partial charge in [-0.3, -0.25) is 14.4 Å². The summed E-state index contributed by atoms with van der Waals surface area (Å²) in [6, 6.07) is 0. The van der Waals surface area contributed by atoms with Gasteiger partial charge in [-0.25, -0.2) is 0 Å². The van der Waals surface area contributed by atoms with E-state index in [1.165, 1.54) is 161 Å². The van der Waals surface area contributed by atoms with Crippen LogP contribution in [0.1, 0.15) is 265 Å². The minimum atomic E-state index is -0.759. The van der Waals surface area contributed by atoms with Crippen molar-refractivity contribution in [3.05, 3.63) is 0 Å². The van der Waals surface area contributed by atoms with Gasteiger partial charge in [-0.05, 0) is 25.2 Å². The summed E-state index contributed by atoms with van der Waals surface area (Å²) in [4.78, 5) is 37.7. The molecule has 0 saturated carbocycles. The summed E-state index contributed by atoms with van der Waals surface area (Å²) in [6.07, 6.45) is 42.3. The number of carbonyl (C=O) groups is 3. The molecule has 0 saturated heterocycles. The van der Waals surface area contributed by atoms with Crippen LogP contribution in [0.3, 0.4) is 0 Å². The van der Waals surface area contributed by atoms with Crippen LogP contribution in [0, 0.1) is 5.92 Å². The molecule has 6 nitrogen and oxygen atoms in total. The van der Waals surface area contributed by atoms with Gasteiger partial charge in [-0.15, -0.1) is 0 Å². The number of rotatable bonds is 43. The minimum Gasteiger partial charge on any atom is -0.462 e. The molecule has 1 atom stereocenters. The van der Waals surface area contributed by atoms with Crippen molar-refractivity contribution in [2.75, 3.05) is 13.2 Å². The lowest BCUT2D eigenvalue weighted by Gasteiger charge is -2.18. The standard InChI is InChI=1S/C48H92O6/c1-5-7-9-11-13-15-17-18-19-21-23-28-32-36-40-47(50)53-43-45(54-48(51)41-37-33-29-25-24-26-30-34-38-44(3)4)42-52-46(49)39-35-31-27-22-20-16-14-12-10-8-6-2/h44-45H,5-43H2,1-4H3/t45-/m0/s1. The first kappa shape index (κ1) is 52.4. The average molecular weight is 765 g/mol. The predicted octanol–water partition coefficient (Wildman–Crippen LogP) is 15.1. The van der Waals surface area contributed by atoms with Crippen LogP contribution in [0.2, 0.25) is 0 Å². The van der Waals surface area contributed by atoms with E-state index in [1.54, 1.807) is 0 Å². The van der Waals surface area contributed by atoms with Gasteiger partial charge in [-0.1, -0.05) is 227 Å². The molecular weight excluding hydrogens is 673 g/mol. The molecule has 0 bridgehead atoms. The highest BCUT2D eigenvalue weighted by atomic mass is 16.6. The highest BCUT2D eigenvalue weighted by molar-refractivity contribution is 5.71. The summed E-state index contributed by atoms with van der Waals surface area (Å²) in [5.74, 6) is -0.0593. The first-order valence-corrected chi connectivity index (χ1v) is 23.9. The predicted molar refractivity (Wildman–Crippen MR) is 229 cm³/mol. The van der Waals surface area contributed by atoms with Crippen LogP contribution >= 0.6 is 0 Å². The zero-order valence-electron chi connectivity index (χ0n) is 36.7. The van der Waals surface area contributed by atoms with E-state index in [0.29, 0.717) is 19.3 Å². The maximum absolute atomic E-state index is 12.7. The number of esters is 3. The molecule has 0 amide bonds. The van der Waals surface area contributed by atoms with Crippen molar-refractivity contribution in [1.29, 1.82) is 0 Å². The third-order valence-corrected chi connectivity index (χ3v) is 10.8. The summed E-state index contributed by atoms with van der Waals surface area (Å²) in [5, 5.41) is 0. The van der Waals surface area contributed by atoms with Crippen LogP contribution < -0.4 is 0 Å². The van der Waals surface area contributed by atoms with Crippen LogP contribution in [0.5, 0.6) is 0 Å². The lowest BCUT2D eigenvalue weighted by molar-refractivity contribution is -0.167. The molecule has 0 aliphatic rings. The molecule has 0 aliphatic carbocycles. The Hall–Kier alpha value is -1.59. The van der Waals surface area contributed by atoms with E-state index in [9.17, 15) is 14.4 Å². The fourth-order valence-electron chi connectivity index (χ4n) is 7.16. The Bertz CT molecular complexity index is 811. The summed E-state index contributed by atoms with van der Waals surface area (Å²) >= 11 is 0. The fraction of sp³-hybridized carbons (Fsp3) is 0.938. The summed E-state index contributed by atoms with van der Waals surface area (Å²) < 4.78 is 16.7. The number of unbranched alkanes of at least 4 members (excludes halogenated alkanes) is 30. The Morgan fingerprint density at radius 3 is 0.907 bits per heavy atom. The largest absolute Gasteiger partial charge is 0.462 e. The topological polar surface area (TPSA) is 78.9 Å². The highest BCUT2D eigenvalue weighted by Crippen LogP contribution is 2.16. The molecule has 0 heterocycles. The van der Waals surface area contributed by atoms with Crippen LogP contribution in [0.4, 0.5) is 0 Å². The molecule has 6 heteroatoms. The Morgan fingerprint density at radius 1 is 0.352 bits per heavy atom. The van der Waals surface area contributed by atoms with Gasteiger partial charge in [0.25, 0.3) is 0 Å². The maximum Gasteiger partial charge on any atom is 0.306 e. The van der Waals surface area contributed by atoms with Gasteiger partial charge >= 0.3 is 17.9 Å². The third-order valence-electron chi connectivity index (χ3n) is 10.8. The van der Waals surface area contributed by atoms with E-state index >= 15 is 0 Å². The van der Waals surface area contributed by atoms with Gasteiger partial charge in [0.1, 0.15) is 13.2 Å². The highest BCUT2D eigenvalue weighted by Gasteiger charge is 2.19. The minimum absolute atomic E-state index is 0.0638. The van der Waals surface area contributed by atoms with Crippen molar-refractivity contribution in [3.8, 4) is 0 Å². The van der Waals surface area contributed by atoms with Crippen molar-refractivity contribution >= 4 is 17.9 Å². The van der Waals surface area contributed by atoms with Crippen molar-refractivity contribution in [1.82, 2.24) is 0 Å². The average Bonchev–Trinajstić information content (AvgIpc) is 3.15. The zero-order chi connectivity index (χ0) is 39.6. The van der Waals surface area contributed by atoms with E-state index < -0.39 is 6.10 Å². The molecule has 0 fully saturated rings. The molecule has 0 N–H and O–H groups in total. The molecule has 54 heavy (non-hydrogen) atoms. The van der Waals surface area contributed by atoms with Gasteiger partial charge in [-0.2, -0.15) is 0 Å². The molecule has 0 aromatic heterocycles. The second-order valence-electron chi connectivity index (χ2n) is 16.9. The van der Waals surface area contributed by atoms with E-state index in [0.717, 1.165) is 63.7 Å². The first-order valence-electron chi connectivity index (χ1n) is 23.9. The van der Waals surface area contributed by atoms with Crippen molar-refractivity contribution in [2.24, 2.45) is 5.92 Å². The monoisotopic (exact) mass is 765 g/mol. The van der Waals surface area contributed by atoms with Gasteiger partial charge < -0.3 is 14.2 Å². The van der Waals surface area contributed by atoms with Crippen LogP contribution in [-0.4, -0.2) is 37.2 Å². The Balaban J connectivity index is 4.31. The van der Waals surface area contributed by atoms with Gasteiger partial charge in [0.2, 0.25) is 0 Å². The summed E-state index contributed by atoms with van der Waals surface area (Å²) in [5.41, 5.74) is 0. The van der Waals surface area contributed by atoms with Gasteiger partial charge in [0.05, 0.1) is 0 Å². The lowest BCUT2D eigenvalue weighted by Crippen LogP contribution is -2.30. The van der Waals surface area contributed by atoms with E-state index in [-0.39, 0.29) is 31.1 Å². The van der Waals surface area contributed by atoms with Gasteiger partial charge in [0.15, 0.2) is 6.10 Å². The molecule has 0 aromatic carbocycles. The fourth-order valence-corrected chi connectivity index (χ4v) is 7.16. The SMILES string of the molecule is CCCCCCCCCCCCCCCCC(=O)OC[C@H](COC(=O)CCCCCCCCCCCCC)OC(=O)CCCCCCCCCCC(C)C. The quantitative estimate of drug-likeness (QED) is 0.0349. The van der Waals surface area contributed by atoms with Crippen LogP contribution in [0.25, 0.3) is 0 Å². The van der Waals surface area contributed by atoms with Gasteiger partial charge in [0, 0.05) is 19.3 Å². The van der Waals surface area contributed by atoms with Crippen LogP contribution in [-0.2, 0) is 28.6 Å². The Labute approximate surface area is 336 Å². The zero-order valence-corrected chi connectivity index (χ0v) is 36.7. The molecule has 0 unspecified atom stereocenters. The second-order valence-corrected chi connectivity index (χ2v) is 16.9.